The van der Waals surface area contributed by atoms with E-state index in [1.165, 1.54) is 63.6 Å². The summed E-state index contributed by atoms with van der Waals surface area (Å²) in [5, 5.41) is 8.89. The van der Waals surface area contributed by atoms with Gasteiger partial charge in [0, 0.05) is 31.4 Å². The second-order valence-corrected chi connectivity index (χ2v) is 5.50. The first kappa shape index (κ1) is 19.6. The van der Waals surface area contributed by atoms with Gasteiger partial charge in [0.05, 0.1) is 0 Å². The fourth-order valence-electron chi connectivity index (χ4n) is 2.23. The third kappa shape index (κ3) is 13.4. The number of hydrogen-bond acceptors (Lipinski definition) is 2. The fraction of sp³-hybridized carbons (Fsp3) is 0.667. The minimum absolute atomic E-state index is 0.972. The van der Waals surface area contributed by atoms with Gasteiger partial charge in [-0.05, 0) is 13.3 Å². The minimum atomic E-state index is -1.08. The predicted octanol–water partition coefficient (Wildman–Crippen LogP) is 3.18. The number of rotatable bonds is 9. The summed E-state index contributed by atoms with van der Waals surface area (Å²) in [6.07, 6.45) is 13.4. The fourth-order valence-corrected chi connectivity index (χ4v) is 2.23. The highest BCUT2D eigenvalue weighted by Crippen LogP contribution is 2.08. The Kier molecular flexibility index (Phi) is 12.7. The van der Waals surface area contributed by atoms with Gasteiger partial charge in [-0.2, -0.15) is 0 Å². The molecule has 0 N–H and O–H groups in total. The molecule has 3 nitrogen and oxygen atoms in total. The van der Waals surface area contributed by atoms with Crippen LogP contribution in [0.1, 0.15) is 70.9 Å². The molecule has 1 aromatic rings. The number of pyridine rings is 1. The molecular formula is C18H31NO2. The zero-order valence-corrected chi connectivity index (χ0v) is 13.9. The van der Waals surface area contributed by atoms with E-state index in [9.17, 15) is 0 Å². The average Bonchev–Trinajstić information content (AvgIpc) is 2.43. The van der Waals surface area contributed by atoms with E-state index in [0.29, 0.717) is 0 Å². The lowest BCUT2D eigenvalue weighted by molar-refractivity contribution is -0.703. The number of carboxylic acid groups (broad SMARTS) is 1. The number of carboxylic acids is 1. The SMILES string of the molecule is CC(=O)[O-].CCCCCCCCCC[n+]1ccccc1C. The number of aromatic nitrogens is 1. The molecule has 3 heteroatoms. The van der Waals surface area contributed by atoms with Gasteiger partial charge in [-0.25, -0.2) is 4.57 Å². The van der Waals surface area contributed by atoms with Crippen LogP contribution in [0.4, 0.5) is 0 Å². The summed E-state index contributed by atoms with van der Waals surface area (Å²) in [4.78, 5) is 8.89. The van der Waals surface area contributed by atoms with E-state index in [2.05, 4.69) is 42.8 Å². The molecule has 0 radical (unpaired) electrons. The van der Waals surface area contributed by atoms with Crippen LogP contribution < -0.4 is 9.67 Å². The molecule has 1 heterocycles. The maximum absolute atomic E-state index is 8.89. The first-order chi connectivity index (χ1) is 10.1. The monoisotopic (exact) mass is 293 g/mol. The number of aliphatic carboxylic acids is 1. The van der Waals surface area contributed by atoms with Gasteiger partial charge in [0.2, 0.25) is 0 Å². The number of hydrogen-bond donors (Lipinski definition) is 0. The van der Waals surface area contributed by atoms with E-state index >= 15 is 0 Å². The molecular weight excluding hydrogens is 262 g/mol. The summed E-state index contributed by atoms with van der Waals surface area (Å²) < 4.78 is 2.36. The van der Waals surface area contributed by atoms with E-state index in [4.69, 9.17) is 9.90 Å². The summed E-state index contributed by atoms with van der Waals surface area (Å²) in [5.74, 6) is -1.08. The second-order valence-electron chi connectivity index (χ2n) is 5.50. The Bertz CT molecular complexity index is 373. The molecule has 0 aliphatic carbocycles. The van der Waals surface area contributed by atoms with Gasteiger partial charge in [0.1, 0.15) is 6.54 Å². The van der Waals surface area contributed by atoms with Crippen molar-refractivity contribution in [3.05, 3.63) is 30.1 Å². The molecule has 0 unspecified atom stereocenters. The Morgan fingerprint density at radius 1 is 1.05 bits per heavy atom. The van der Waals surface area contributed by atoms with Gasteiger partial charge < -0.3 is 9.90 Å². The van der Waals surface area contributed by atoms with Crippen LogP contribution in [0.3, 0.4) is 0 Å². The van der Waals surface area contributed by atoms with Gasteiger partial charge in [-0.15, -0.1) is 0 Å². The van der Waals surface area contributed by atoms with Crippen LogP contribution in [0.5, 0.6) is 0 Å². The third-order valence-corrected chi connectivity index (χ3v) is 3.42. The van der Waals surface area contributed by atoms with E-state index < -0.39 is 5.97 Å². The molecule has 0 spiro atoms. The smallest absolute Gasteiger partial charge is 0.178 e. The van der Waals surface area contributed by atoms with Gasteiger partial charge in [0.15, 0.2) is 11.9 Å². The van der Waals surface area contributed by atoms with E-state index in [0.717, 1.165) is 6.92 Å². The molecule has 0 aliphatic heterocycles. The summed E-state index contributed by atoms with van der Waals surface area (Å²) in [5.41, 5.74) is 1.37. The van der Waals surface area contributed by atoms with Crippen LogP contribution in [0.2, 0.25) is 0 Å². The largest absolute Gasteiger partial charge is 0.550 e. The summed E-state index contributed by atoms with van der Waals surface area (Å²) in [6.45, 7) is 6.62. The predicted molar refractivity (Wildman–Crippen MR) is 84.7 cm³/mol. The van der Waals surface area contributed by atoms with Crippen LogP contribution in [-0.4, -0.2) is 5.97 Å². The van der Waals surface area contributed by atoms with Gasteiger partial charge >= 0.3 is 0 Å². The highest BCUT2D eigenvalue weighted by atomic mass is 16.4. The summed E-state index contributed by atoms with van der Waals surface area (Å²) in [7, 11) is 0. The van der Waals surface area contributed by atoms with Crippen molar-refractivity contribution in [1.82, 2.24) is 0 Å². The van der Waals surface area contributed by atoms with Crippen LogP contribution in [0.15, 0.2) is 24.4 Å². The maximum atomic E-state index is 8.89. The normalized spacial score (nSPS) is 9.86. The van der Waals surface area contributed by atoms with Crippen LogP contribution in [-0.2, 0) is 11.3 Å². The van der Waals surface area contributed by atoms with E-state index in [-0.39, 0.29) is 0 Å². The van der Waals surface area contributed by atoms with Crippen molar-refractivity contribution in [1.29, 1.82) is 0 Å². The molecule has 0 atom stereocenters. The summed E-state index contributed by atoms with van der Waals surface area (Å²) >= 11 is 0. The second kappa shape index (κ2) is 13.6. The lowest BCUT2D eigenvalue weighted by atomic mass is 10.1. The maximum Gasteiger partial charge on any atom is 0.178 e. The van der Waals surface area contributed by atoms with Crippen molar-refractivity contribution >= 4 is 5.97 Å². The van der Waals surface area contributed by atoms with E-state index in [1.54, 1.807) is 0 Å². The molecule has 0 amide bonds. The minimum Gasteiger partial charge on any atom is -0.550 e. The molecule has 21 heavy (non-hydrogen) atoms. The first-order valence-electron chi connectivity index (χ1n) is 8.20. The Balaban J connectivity index is 0.000000885. The number of aryl methyl sites for hydroxylation is 2. The Morgan fingerprint density at radius 3 is 2.10 bits per heavy atom. The topological polar surface area (TPSA) is 44.0 Å². The Morgan fingerprint density at radius 2 is 1.57 bits per heavy atom. The third-order valence-electron chi connectivity index (χ3n) is 3.42. The average molecular weight is 293 g/mol. The number of carbonyl (C=O) groups excluding carboxylic acids is 1. The van der Waals surface area contributed by atoms with E-state index in [1.807, 2.05) is 0 Å². The quantitative estimate of drug-likeness (QED) is 0.518. The van der Waals surface area contributed by atoms with Crippen molar-refractivity contribution in [3.63, 3.8) is 0 Å². The molecule has 0 aliphatic rings. The standard InChI is InChI=1S/C16H28N.C2H4O2/c1-3-4-5-6-7-8-9-11-14-17-15-12-10-13-16(17)2;1-2(3)4/h10,12-13,15H,3-9,11,14H2,1-2H3;1H3,(H,3,4)/q+1;/p-1. The molecule has 0 aromatic carbocycles. The van der Waals surface area contributed by atoms with Crippen LogP contribution >= 0.6 is 0 Å². The van der Waals surface area contributed by atoms with Gasteiger partial charge in [0.25, 0.3) is 0 Å². The molecule has 120 valence electrons. The summed E-state index contributed by atoms with van der Waals surface area (Å²) in [6, 6.07) is 6.42. The molecule has 1 aromatic heterocycles. The Labute approximate surface area is 130 Å². The molecule has 1 rings (SSSR count). The molecule has 0 saturated carbocycles. The van der Waals surface area contributed by atoms with Crippen LogP contribution in [0.25, 0.3) is 0 Å². The number of unbranched alkanes of at least 4 members (excludes halogenated alkanes) is 7. The number of nitrogens with zero attached hydrogens (tertiary/aromatic N) is 1. The van der Waals surface area contributed by atoms with Crippen molar-refractivity contribution in [2.24, 2.45) is 0 Å². The molecule has 0 bridgehead atoms. The van der Waals surface area contributed by atoms with Gasteiger partial charge in [-0.1, -0.05) is 51.5 Å². The van der Waals surface area contributed by atoms with Crippen LogP contribution in [0, 0.1) is 6.92 Å². The zero-order chi connectivity index (χ0) is 15.9. The molecule has 0 saturated heterocycles. The van der Waals surface area contributed by atoms with Crippen molar-refractivity contribution in [3.8, 4) is 0 Å². The van der Waals surface area contributed by atoms with Gasteiger partial charge in [-0.3, -0.25) is 0 Å². The van der Waals surface area contributed by atoms with Crippen molar-refractivity contribution < 1.29 is 14.5 Å². The Hall–Kier alpha value is -1.38. The lowest BCUT2D eigenvalue weighted by Gasteiger charge is -2.01. The zero-order valence-electron chi connectivity index (χ0n) is 13.9. The highest BCUT2D eigenvalue weighted by Gasteiger charge is 2.02. The highest BCUT2D eigenvalue weighted by molar-refractivity contribution is 5.60. The van der Waals surface area contributed by atoms with Crippen molar-refractivity contribution in [2.45, 2.75) is 78.7 Å². The van der Waals surface area contributed by atoms with Crippen molar-refractivity contribution in [2.75, 3.05) is 0 Å². The first-order valence-corrected chi connectivity index (χ1v) is 8.20. The number of carbonyl (C=O) groups is 1. The lowest BCUT2D eigenvalue weighted by Crippen LogP contribution is -2.36. The molecule has 0 fully saturated rings.